The smallest absolute Gasteiger partial charge is 0.327 e. The lowest BCUT2D eigenvalue weighted by Gasteiger charge is -2.27. The number of halogens is 1. The van der Waals surface area contributed by atoms with E-state index in [-0.39, 0.29) is 47.9 Å². The van der Waals surface area contributed by atoms with E-state index in [0.717, 1.165) is 106 Å². The summed E-state index contributed by atoms with van der Waals surface area (Å²) < 4.78 is 7.82. The number of hydrogen-bond donors (Lipinski definition) is 4. The minimum Gasteiger partial charge on any atom is -0.691 e. The zero-order chi connectivity index (χ0) is 45.6. The maximum Gasteiger partial charge on any atom is 0.327 e. The van der Waals surface area contributed by atoms with Gasteiger partial charge in [-0.05, 0) is 141 Å². The molecule has 0 saturated heterocycles. The normalized spacial score (nSPS) is 21.1. The van der Waals surface area contributed by atoms with Crippen LogP contribution in [0.4, 0.5) is 11.5 Å². The number of pyridine rings is 1. The van der Waals surface area contributed by atoms with Crippen LogP contribution in [0, 0.1) is 6.92 Å². The van der Waals surface area contributed by atoms with Crippen molar-refractivity contribution in [3.8, 4) is 0 Å². The number of carbonyl (C=O) groups excluding carboxylic acids is 3. The van der Waals surface area contributed by atoms with Gasteiger partial charge < -0.3 is 31.2 Å². The number of aliphatic imine (C=N–C) groups is 1. The highest BCUT2D eigenvalue weighted by atomic mass is 79.9. The van der Waals surface area contributed by atoms with Crippen LogP contribution in [0.3, 0.4) is 0 Å². The highest BCUT2D eigenvalue weighted by molar-refractivity contribution is 9.10. The second kappa shape index (κ2) is 23.5. The predicted molar refractivity (Wildman–Crippen MR) is 246 cm³/mol. The van der Waals surface area contributed by atoms with Gasteiger partial charge in [0.15, 0.2) is 5.71 Å². The molecule has 1 aromatic heterocycles. The third-order valence-electron chi connectivity index (χ3n) is 12.0. The van der Waals surface area contributed by atoms with E-state index in [1.165, 1.54) is 0 Å². The fourth-order valence-electron chi connectivity index (χ4n) is 8.54. The third kappa shape index (κ3) is 13.6. The zero-order valence-electron chi connectivity index (χ0n) is 37.2. The highest BCUT2D eigenvalue weighted by Crippen LogP contribution is 2.51. The number of fused-ring (bicyclic) bond motifs is 3. The molecule has 0 radical (unpaired) electrons. The van der Waals surface area contributed by atoms with Crippen LogP contribution in [0.2, 0.25) is 0 Å². The Morgan fingerprint density at radius 3 is 2.51 bits per heavy atom. The standard InChI is InChI=1S/C47H63BrN6O8S/c1-32-28-34(63-62-61-60)30-35-43(32)54-27-16-8-11-21-40(55)49-24-14-13-18-37(45(59)50-25-17-23-42(57)58)51-41(56)22-12-7-15-26-53-31-33(48)29-36-44(53)52-38(46(36,2)3)19-9-6-10-20-39(54)47(35,4)5/h6,9-10,19-20,28-31,37H,7-8,11-18,21-27H2,1-5H3,(H4-,49,50,51,55,56,57,58,59,60). The average molecular weight is 952 g/mol. The number of amides is 3. The van der Waals surface area contributed by atoms with Crippen LogP contribution < -0.4 is 30.7 Å². The van der Waals surface area contributed by atoms with Gasteiger partial charge >= 0.3 is 11.8 Å². The van der Waals surface area contributed by atoms with Crippen molar-refractivity contribution in [3.63, 3.8) is 0 Å². The Balaban J connectivity index is 1.36. The molecule has 4 heterocycles. The second-order valence-corrected chi connectivity index (χ2v) is 19.2. The Morgan fingerprint density at radius 2 is 1.75 bits per heavy atom. The summed E-state index contributed by atoms with van der Waals surface area (Å²) in [6, 6.07) is 5.43. The Kier molecular flexibility index (Phi) is 18.6. The Morgan fingerprint density at radius 1 is 0.984 bits per heavy atom. The molecule has 342 valence electrons. The van der Waals surface area contributed by atoms with Crippen molar-refractivity contribution < 1.29 is 43.5 Å². The van der Waals surface area contributed by atoms with Gasteiger partial charge in [0.25, 0.3) is 0 Å². The van der Waals surface area contributed by atoms with E-state index in [2.05, 4.69) is 122 Å². The molecule has 3 amide bonds. The molecule has 63 heavy (non-hydrogen) atoms. The number of anilines is 1. The number of hydrogen-bond acceptors (Lipinski definition) is 10. The topological polar surface area (TPSA) is 186 Å². The number of aromatic nitrogens is 1. The lowest BCUT2D eigenvalue weighted by molar-refractivity contribution is -0.777. The van der Waals surface area contributed by atoms with Gasteiger partial charge in [-0.25, -0.2) is 4.57 Å². The molecule has 0 aliphatic carbocycles. The first-order valence-corrected chi connectivity index (χ1v) is 23.7. The van der Waals surface area contributed by atoms with Gasteiger partial charge in [-0.15, -0.1) is 0 Å². The molecule has 2 aromatic rings. The Hall–Kier alpha value is -4.35. The molecule has 0 fully saturated rings. The van der Waals surface area contributed by atoms with E-state index >= 15 is 0 Å². The molecule has 0 spiro atoms. The van der Waals surface area contributed by atoms with Crippen LogP contribution in [0.1, 0.15) is 128 Å². The summed E-state index contributed by atoms with van der Waals surface area (Å²) in [6.07, 6.45) is 19.8. The number of aryl methyl sites for hydroxylation is 2. The number of nitrogens with one attached hydrogen (secondary N) is 3. The SMILES string of the molecule is Cc1cc(SOO[O-])cc2c1N1CCCCCC(=O)NCCCCC(C(=O)NCCCC(=O)O)NC(=O)CCCCC[n+]3cc(Br)cc4c3N=C(/C=C/C=C/C=C1C2(C)C)C4(C)C. The predicted octanol–water partition coefficient (Wildman–Crippen LogP) is 7.32. The van der Waals surface area contributed by atoms with Crippen molar-refractivity contribution in [2.24, 2.45) is 4.99 Å². The van der Waals surface area contributed by atoms with E-state index in [1.807, 2.05) is 18.2 Å². The van der Waals surface area contributed by atoms with E-state index < -0.39 is 12.0 Å². The Bertz CT molecular complexity index is 2100. The maximum atomic E-state index is 13.1. The van der Waals surface area contributed by atoms with Crippen LogP contribution in [-0.2, 0) is 45.9 Å². The largest absolute Gasteiger partial charge is 0.691 e. The van der Waals surface area contributed by atoms with E-state index in [0.29, 0.717) is 45.1 Å². The summed E-state index contributed by atoms with van der Waals surface area (Å²) in [6.45, 7) is 13.0. The molecular formula is C47H63BrN6O8S. The van der Waals surface area contributed by atoms with Crippen LogP contribution >= 0.6 is 28.0 Å². The summed E-state index contributed by atoms with van der Waals surface area (Å²) in [5.74, 6) is -0.564. The van der Waals surface area contributed by atoms with E-state index in [1.54, 1.807) is 0 Å². The number of nitrogens with zero attached hydrogens (tertiary/aromatic N) is 3. The number of rotatable bonds is 8. The lowest BCUT2D eigenvalue weighted by Crippen LogP contribution is -2.47. The third-order valence-corrected chi connectivity index (χ3v) is 13.0. The summed E-state index contributed by atoms with van der Waals surface area (Å²) in [5.41, 5.74) is 5.83. The summed E-state index contributed by atoms with van der Waals surface area (Å²) in [4.78, 5) is 58.2. The molecule has 14 nitrogen and oxygen atoms in total. The number of aliphatic carboxylic acids is 1. The monoisotopic (exact) mass is 950 g/mol. The van der Waals surface area contributed by atoms with Crippen LogP contribution in [0.15, 0.2) is 74.8 Å². The van der Waals surface area contributed by atoms with Crippen LogP contribution in [-0.4, -0.2) is 60.2 Å². The van der Waals surface area contributed by atoms with Gasteiger partial charge in [0.1, 0.15) is 12.2 Å². The molecule has 5 rings (SSSR count). The number of allylic oxidation sites excluding steroid dienone is 6. The molecule has 0 saturated carbocycles. The average Bonchev–Trinajstić information content (AvgIpc) is 3.60. The van der Waals surface area contributed by atoms with E-state index in [9.17, 15) is 24.4 Å². The lowest BCUT2D eigenvalue weighted by atomic mass is 9.82. The maximum absolute atomic E-state index is 13.1. The fraction of sp³-hybridized carbons (Fsp3) is 0.532. The molecule has 16 heteroatoms. The molecule has 3 aliphatic rings. The molecule has 3 aliphatic heterocycles. The first kappa shape index (κ1) is 49.7. The summed E-state index contributed by atoms with van der Waals surface area (Å²) in [7, 11) is 0. The fourth-order valence-corrected chi connectivity index (χ4v) is 9.51. The van der Waals surface area contributed by atoms with Gasteiger partial charge in [0.2, 0.25) is 17.7 Å². The summed E-state index contributed by atoms with van der Waals surface area (Å²) >= 11 is 4.62. The van der Waals surface area contributed by atoms with Gasteiger partial charge in [0, 0.05) is 60.6 Å². The first-order chi connectivity index (χ1) is 30.1. The minimum atomic E-state index is -0.930. The van der Waals surface area contributed by atoms with Crippen molar-refractivity contribution in [2.75, 3.05) is 24.5 Å². The van der Waals surface area contributed by atoms with Crippen molar-refractivity contribution in [3.05, 3.63) is 81.6 Å². The molecule has 2 bridgehead atoms. The zero-order valence-corrected chi connectivity index (χ0v) is 39.6. The second-order valence-electron chi connectivity index (χ2n) is 17.5. The molecule has 1 atom stereocenters. The van der Waals surface area contributed by atoms with Crippen LogP contribution in [0.5, 0.6) is 0 Å². The number of carbonyl (C=O) groups is 4. The van der Waals surface area contributed by atoms with Crippen molar-refractivity contribution in [2.45, 2.75) is 146 Å². The number of carboxylic acid groups (broad SMARTS) is 1. The molecule has 1 unspecified atom stereocenters. The van der Waals surface area contributed by atoms with Gasteiger partial charge in [0.05, 0.1) is 34.0 Å². The van der Waals surface area contributed by atoms with Gasteiger partial charge in [-0.1, -0.05) is 38.5 Å². The quantitative estimate of drug-likeness (QED) is 0.0688. The first-order valence-electron chi connectivity index (χ1n) is 22.1. The van der Waals surface area contributed by atoms with E-state index in [4.69, 9.17) is 10.1 Å². The molecule has 1 aromatic carbocycles. The Labute approximate surface area is 384 Å². The van der Waals surface area contributed by atoms with Crippen molar-refractivity contribution >= 4 is 68.9 Å². The van der Waals surface area contributed by atoms with Crippen molar-refractivity contribution in [1.29, 1.82) is 0 Å². The number of carboxylic acids is 1. The van der Waals surface area contributed by atoms with Crippen molar-refractivity contribution in [1.82, 2.24) is 16.0 Å². The molecule has 4 N–H and O–H groups in total. The summed E-state index contributed by atoms with van der Waals surface area (Å²) in [5, 5.41) is 32.0. The van der Waals surface area contributed by atoms with Crippen LogP contribution in [0.25, 0.3) is 0 Å². The van der Waals surface area contributed by atoms with Gasteiger partial charge in [-0.2, -0.15) is 4.33 Å². The minimum absolute atomic E-state index is 0.0195. The molecular weight excluding hydrogens is 889 g/mol. The highest BCUT2D eigenvalue weighted by Gasteiger charge is 2.43. The van der Waals surface area contributed by atoms with Gasteiger partial charge in [-0.3, -0.25) is 24.2 Å². The number of benzene rings is 1.